The summed E-state index contributed by atoms with van der Waals surface area (Å²) in [5.74, 6) is 0.322. The highest BCUT2D eigenvalue weighted by atomic mass is 14.9. The Morgan fingerprint density at radius 1 is 1.27 bits per heavy atom. The largest absolute Gasteiger partial charge is 0.328 e. The Labute approximate surface area is 85.2 Å². The van der Waals surface area contributed by atoms with Crippen molar-refractivity contribution in [1.82, 2.24) is 15.0 Å². The lowest BCUT2D eigenvalue weighted by atomic mass is 10.2. The van der Waals surface area contributed by atoms with Crippen molar-refractivity contribution in [3.05, 3.63) is 36.3 Å². The predicted molar refractivity (Wildman–Crippen MR) is 56.1 cm³/mol. The molecule has 0 spiro atoms. The van der Waals surface area contributed by atoms with Crippen LogP contribution in [0.1, 0.15) is 5.82 Å². The molecule has 0 saturated carbocycles. The van der Waals surface area contributed by atoms with Crippen molar-refractivity contribution in [2.45, 2.75) is 0 Å². The third-order valence-corrected chi connectivity index (χ3v) is 2.33. The average molecular weight is 194 g/mol. The van der Waals surface area contributed by atoms with Gasteiger partial charge >= 0.3 is 0 Å². The summed E-state index contributed by atoms with van der Waals surface area (Å²) in [5.41, 5.74) is 2.49. The van der Waals surface area contributed by atoms with Gasteiger partial charge in [-0.3, -0.25) is 4.98 Å². The molecule has 0 fully saturated rings. The van der Waals surface area contributed by atoms with Gasteiger partial charge in [0.05, 0.1) is 17.2 Å². The number of aromatic nitrogens is 3. The van der Waals surface area contributed by atoms with Crippen molar-refractivity contribution in [3.63, 3.8) is 0 Å². The van der Waals surface area contributed by atoms with E-state index in [-0.39, 0.29) is 0 Å². The number of aromatic amines is 1. The van der Waals surface area contributed by atoms with Crippen molar-refractivity contribution in [1.29, 1.82) is 5.26 Å². The van der Waals surface area contributed by atoms with E-state index in [9.17, 15) is 0 Å². The molecule has 4 nitrogen and oxygen atoms in total. The molecule has 0 aliphatic heterocycles. The van der Waals surface area contributed by atoms with E-state index in [1.807, 2.05) is 30.3 Å². The van der Waals surface area contributed by atoms with E-state index in [0.29, 0.717) is 5.82 Å². The van der Waals surface area contributed by atoms with Crippen LogP contribution in [0.15, 0.2) is 30.5 Å². The van der Waals surface area contributed by atoms with E-state index in [4.69, 9.17) is 5.26 Å². The Morgan fingerprint density at radius 2 is 2.13 bits per heavy atom. The first kappa shape index (κ1) is 7.94. The van der Waals surface area contributed by atoms with Crippen LogP contribution in [-0.2, 0) is 0 Å². The molecule has 70 valence electrons. The molecule has 2 aromatic heterocycles. The fraction of sp³-hybridized carbons (Fsp3) is 0. The molecule has 3 rings (SSSR count). The van der Waals surface area contributed by atoms with E-state index in [1.165, 1.54) is 0 Å². The zero-order valence-electron chi connectivity index (χ0n) is 7.73. The first-order valence-electron chi connectivity index (χ1n) is 4.52. The summed E-state index contributed by atoms with van der Waals surface area (Å²) in [7, 11) is 0. The number of rotatable bonds is 0. The van der Waals surface area contributed by atoms with Gasteiger partial charge in [0, 0.05) is 5.39 Å². The lowest BCUT2D eigenvalue weighted by molar-refractivity contribution is 1.25. The van der Waals surface area contributed by atoms with Gasteiger partial charge in [-0.05, 0) is 6.07 Å². The predicted octanol–water partition coefficient (Wildman–Crippen LogP) is 1.98. The zero-order valence-corrected chi connectivity index (χ0v) is 7.73. The summed E-state index contributed by atoms with van der Waals surface area (Å²) in [6.07, 6.45) is 1.70. The van der Waals surface area contributed by atoms with E-state index < -0.39 is 0 Å². The van der Waals surface area contributed by atoms with E-state index in [2.05, 4.69) is 15.0 Å². The number of nitriles is 1. The van der Waals surface area contributed by atoms with Gasteiger partial charge in [-0.1, -0.05) is 18.2 Å². The first-order valence-corrected chi connectivity index (χ1v) is 4.52. The maximum Gasteiger partial charge on any atom is 0.211 e. The molecule has 0 radical (unpaired) electrons. The van der Waals surface area contributed by atoms with E-state index >= 15 is 0 Å². The van der Waals surface area contributed by atoms with Gasteiger partial charge in [-0.25, -0.2) is 4.98 Å². The molecule has 0 saturated heterocycles. The number of nitrogens with zero attached hydrogens (tertiary/aromatic N) is 3. The quantitative estimate of drug-likeness (QED) is 0.595. The standard InChI is InChI=1S/C11H6N4/c12-5-10-14-9-6-13-8-4-2-1-3-7(8)11(9)15-10/h1-4,6H,(H,14,15). The molecule has 1 aromatic carbocycles. The van der Waals surface area contributed by atoms with Crippen LogP contribution in [0.5, 0.6) is 0 Å². The SMILES string of the molecule is N#Cc1nc2c(cnc3ccccc32)[nH]1. The third kappa shape index (κ3) is 1.07. The molecule has 15 heavy (non-hydrogen) atoms. The van der Waals surface area contributed by atoms with Crippen molar-refractivity contribution >= 4 is 21.9 Å². The summed E-state index contributed by atoms with van der Waals surface area (Å²) >= 11 is 0. The van der Waals surface area contributed by atoms with Crippen LogP contribution >= 0.6 is 0 Å². The fourth-order valence-corrected chi connectivity index (χ4v) is 1.66. The van der Waals surface area contributed by atoms with Crippen LogP contribution in [0, 0.1) is 11.3 Å². The second-order valence-corrected chi connectivity index (χ2v) is 3.23. The molecule has 4 heteroatoms. The van der Waals surface area contributed by atoms with Gasteiger partial charge in [0.25, 0.3) is 0 Å². The minimum absolute atomic E-state index is 0.322. The number of pyridine rings is 1. The molecule has 3 aromatic rings. The van der Waals surface area contributed by atoms with Crippen LogP contribution < -0.4 is 0 Å². The molecular weight excluding hydrogens is 188 g/mol. The van der Waals surface area contributed by atoms with Crippen molar-refractivity contribution in [2.75, 3.05) is 0 Å². The summed E-state index contributed by atoms with van der Waals surface area (Å²) in [4.78, 5) is 11.4. The van der Waals surface area contributed by atoms with E-state index in [1.54, 1.807) is 6.20 Å². The zero-order chi connectivity index (χ0) is 10.3. The Bertz CT molecular complexity index is 690. The number of H-pyrrole nitrogens is 1. The Balaban J connectivity index is 2.54. The number of para-hydroxylation sites is 1. The number of benzene rings is 1. The maximum atomic E-state index is 8.75. The topological polar surface area (TPSA) is 65.4 Å². The van der Waals surface area contributed by atoms with Crippen molar-refractivity contribution in [3.8, 4) is 6.07 Å². The van der Waals surface area contributed by atoms with Crippen LogP contribution in [-0.4, -0.2) is 15.0 Å². The molecule has 0 aliphatic rings. The van der Waals surface area contributed by atoms with Crippen molar-refractivity contribution < 1.29 is 0 Å². The normalized spacial score (nSPS) is 10.6. The highest BCUT2D eigenvalue weighted by molar-refractivity contribution is 6.01. The minimum Gasteiger partial charge on any atom is -0.328 e. The first-order chi connectivity index (χ1) is 7.38. The molecule has 0 bridgehead atoms. The molecular formula is C11H6N4. The molecule has 2 heterocycles. The second kappa shape index (κ2) is 2.79. The Hall–Kier alpha value is -2.41. The number of hydrogen-bond acceptors (Lipinski definition) is 3. The van der Waals surface area contributed by atoms with Gasteiger partial charge in [0.1, 0.15) is 11.6 Å². The summed E-state index contributed by atoms with van der Waals surface area (Å²) in [5, 5.41) is 9.71. The van der Waals surface area contributed by atoms with Crippen LogP contribution in [0.4, 0.5) is 0 Å². The van der Waals surface area contributed by atoms with Gasteiger partial charge in [0.2, 0.25) is 5.82 Å². The van der Waals surface area contributed by atoms with Crippen LogP contribution in [0.25, 0.3) is 21.9 Å². The second-order valence-electron chi connectivity index (χ2n) is 3.23. The number of fused-ring (bicyclic) bond motifs is 3. The summed E-state index contributed by atoms with van der Waals surface area (Å²) in [6.45, 7) is 0. The molecule has 0 unspecified atom stereocenters. The average Bonchev–Trinajstić information content (AvgIpc) is 2.72. The monoisotopic (exact) mass is 194 g/mol. The number of nitrogens with one attached hydrogen (secondary N) is 1. The molecule has 0 aliphatic carbocycles. The molecule has 1 N–H and O–H groups in total. The highest BCUT2D eigenvalue weighted by Crippen LogP contribution is 2.20. The van der Waals surface area contributed by atoms with Crippen molar-refractivity contribution in [2.24, 2.45) is 0 Å². The maximum absolute atomic E-state index is 8.75. The van der Waals surface area contributed by atoms with Gasteiger partial charge < -0.3 is 4.98 Å². The highest BCUT2D eigenvalue weighted by Gasteiger charge is 2.05. The van der Waals surface area contributed by atoms with Crippen LogP contribution in [0.2, 0.25) is 0 Å². The van der Waals surface area contributed by atoms with Crippen LogP contribution in [0.3, 0.4) is 0 Å². The van der Waals surface area contributed by atoms with E-state index in [0.717, 1.165) is 21.9 Å². The van der Waals surface area contributed by atoms with Gasteiger partial charge in [0.15, 0.2) is 0 Å². The van der Waals surface area contributed by atoms with Gasteiger partial charge in [-0.2, -0.15) is 5.26 Å². The Morgan fingerprint density at radius 3 is 3.00 bits per heavy atom. The summed E-state index contributed by atoms with van der Waals surface area (Å²) in [6, 6.07) is 9.73. The summed E-state index contributed by atoms with van der Waals surface area (Å²) < 4.78 is 0. The fourth-order valence-electron chi connectivity index (χ4n) is 1.66. The lowest BCUT2D eigenvalue weighted by Crippen LogP contribution is -1.79. The smallest absolute Gasteiger partial charge is 0.211 e. The molecule has 0 amide bonds. The number of hydrogen-bond donors (Lipinski definition) is 1. The van der Waals surface area contributed by atoms with Gasteiger partial charge in [-0.15, -0.1) is 0 Å². The lowest BCUT2D eigenvalue weighted by Gasteiger charge is -1.95. The molecule has 0 atom stereocenters. The minimum atomic E-state index is 0.322. The number of imidazole rings is 1. The Kier molecular flexibility index (Phi) is 1.48. The third-order valence-electron chi connectivity index (χ3n) is 2.33.